The molecular formula is C15H23F2NOS. The maximum Gasteiger partial charge on any atom is 0.248 e. The molecule has 1 heterocycles. The minimum Gasteiger partial charge on any atom is -0.392 e. The van der Waals surface area contributed by atoms with Gasteiger partial charge in [0.2, 0.25) is 5.92 Å². The molecule has 1 atom stereocenters. The predicted molar refractivity (Wildman–Crippen MR) is 77.4 cm³/mol. The highest BCUT2D eigenvalue weighted by molar-refractivity contribution is 7.09. The number of aliphatic hydroxyl groups is 1. The van der Waals surface area contributed by atoms with Crippen molar-refractivity contribution in [3.63, 3.8) is 0 Å². The molecule has 1 aromatic heterocycles. The molecule has 0 aromatic carbocycles. The van der Waals surface area contributed by atoms with E-state index in [-0.39, 0.29) is 24.2 Å². The lowest BCUT2D eigenvalue weighted by molar-refractivity contribution is -0.0619. The Morgan fingerprint density at radius 3 is 2.50 bits per heavy atom. The van der Waals surface area contributed by atoms with Crippen LogP contribution in [0.4, 0.5) is 8.78 Å². The molecule has 2 nitrogen and oxygen atoms in total. The van der Waals surface area contributed by atoms with E-state index in [4.69, 9.17) is 0 Å². The Morgan fingerprint density at radius 1 is 1.40 bits per heavy atom. The van der Waals surface area contributed by atoms with Crippen LogP contribution in [0.25, 0.3) is 0 Å². The molecule has 0 aliphatic heterocycles. The Bertz CT molecular complexity index is 443. The first kappa shape index (κ1) is 15.8. The normalized spacial score (nSPS) is 21.9. The number of hydrogen-bond acceptors (Lipinski definition) is 3. The molecule has 114 valence electrons. The summed E-state index contributed by atoms with van der Waals surface area (Å²) in [5, 5.41) is 13.2. The smallest absolute Gasteiger partial charge is 0.248 e. The third kappa shape index (κ3) is 3.98. The fourth-order valence-electron chi connectivity index (χ4n) is 2.54. The average molecular weight is 303 g/mol. The fourth-order valence-corrected chi connectivity index (χ4v) is 3.61. The maximum atomic E-state index is 13.1. The molecule has 1 aliphatic carbocycles. The summed E-state index contributed by atoms with van der Waals surface area (Å²) in [5.74, 6) is -2.55. The van der Waals surface area contributed by atoms with E-state index in [1.165, 1.54) is 0 Å². The van der Waals surface area contributed by atoms with Crippen LogP contribution in [-0.2, 0) is 11.8 Å². The summed E-state index contributed by atoms with van der Waals surface area (Å²) >= 11 is 1.55. The Hall–Kier alpha value is -0.550. The van der Waals surface area contributed by atoms with E-state index >= 15 is 0 Å². The maximum absolute atomic E-state index is 13.1. The van der Waals surface area contributed by atoms with E-state index in [9.17, 15) is 13.9 Å². The van der Waals surface area contributed by atoms with E-state index in [0.29, 0.717) is 19.3 Å². The zero-order chi connectivity index (χ0) is 15.0. The summed E-state index contributed by atoms with van der Waals surface area (Å²) < 4.78 is 26.2. The van der Waals surface area contributed by atoms with Gasteiger partial charge in [-0.05, 0) is 18.8 Å². The lowest BCUT2D eigenvalue weighted by atomic mass is 9.82. The predicted octanol–water partition coefficient (Wildman–Crippen LogP) is 4.17. The van der Waals surface area contributed by atoms with E-state index in [0.717, 1.165) is 10.7 Å². The summed E-state index contributed by atoms with van der Waals surface area (Å²) in [4.78, 5) is 4.56. The summed E-state index contributed by atoms with van der Waals surface area (Å²) in [6, 6.07) is 0. The Balaban J connectivity index is 1.92. The Labute approximate surface area is 123 Å². The van der Waals surface area contributed by atoms with Crippen LogP contribution in [-0.4, -0.2) is 22.1 Å². The van der Waals surface area contributed by atoms with Crippen molar-refractivity contribution >= 4 is 11.3 Å². The molecule has 0 bridgehead atoms. The molecule has 0 spiro atoms. The quantitative estimate of drug-likeness (QED) is 0.909. The van der Waals surface area contributed by atoms with Crippen LogP contribution in [0, 0.1) is 5.92 Å². The summed E-state index contributed by atoms with van der Waals surface area (Å²) in [7, 11) is 0. The van der Waals surface area contributed by atoms with Gasteiger partial charge in [-0.15, -0.1) is 11.3 Å². The SMILES string of the molecule is CC(C)(C)c1csc(CC(O)C2CCC(F)(F)CC2)n1. The van der Waals surface area contributed by atoms with Gasteiger partial charge >= 0.3 is 0 Å². The molecule has 2 rings (SSSR count). The van der Waals surface area contributed by atoms with E-state index in [2.05, 4.69) is 25.8 Å². The second-order valence-electron chi connectivity index (χ2n) is 6.84. The number of alkyl halides is 2. The van der Waals surface area contributed by atoms with Gasteiger partial charge in [-0.3, -0.25) is 0 Å². The average Bonchev–Trinajstić information content (AvgIpc) is 2.77. The van der Waals surface area contributed by atoms with Gasteiger partial charge in [0.05, 0.1) is 16.8 Å². The van der Waals surface area contributed by atoms with Gasteiger partial charge in [0, 0.05) is 30.1 Å². The number of hydrogen-bond donors (Lipinski definition) is 1. The highest BCUT2D eigenvalue weighted by Gasteiger charge is 2.37. The topological polar surface area (TPSA) is 33.1 Å². The minimum atomic E-state index is -2.53. The highest BCUT2D eigenvalue weighted by Crippen LogP contribution is 2.38. The molecule has 0 amide bonds. The third-order valence-corrected chi connectivity index (χ3v) is 4.88. The first-order valence-corrected chi connectivity index (χ1v) is 8.06. The van der Waals surface area contributed by atoms with Crippen LogP contribution in [0.2, 0.25) is 0 Å². The van der Waals surface area contributed by atoms with Crippen LogP contribution in [0.5, 0.6) is 0 Å². The summed E-state index contributed by atoms with van der Waals surface area (Å²) in [6.07, 6.45) is 0.554. The Kier molecular flexibility index (Phi) is 4.50. The lowest BCUT2D eigenvalue weighted by Crippen LogP contribution is -2.32. The molecule has 5 heteroatoms. The van der Waals surface area contributed by atoms with Gasteiger partial charge in [-0.2, -0.15) is 0 Å². The van der Waals surface area contributed by atoms with Crippen molar-refractivity contribution < 1.29 is 13.9 Å². The summed E-state index contributed by atoms with van der Waals surface area (Å²) in [6.45, 7) is 6.31. The molecular weight excluding hydrogens is 280 g/mol. The summed E-state index contributed by atoms with van der Waals surface area (Å²) in [5.41, 5.74) is 1.03. The minimum absolute atomic E-state index is 0.00655. The van der Waals surface area contributed by atoms with Crippen molar-refractivity contribution in [1.29, 1.82) is 0 Å². The molecule has 0 radical (unpaired) electrons. The zero-order valence-corrected chi connectivity index (χ0v) is 13.1. The van der Waals surface area contributed by atoms with Crippen LogP contribution in [0.15, 0.2) is 5.38 Å². The van der Waals surface area contributed by atoms with Gasteiger partial charge in [-0.1, -0.05) is 20.8 Å². The van der Waals surface area contributed by atoms with Crippen LogP contribution >= 0.6 is 11.3 Å². The number of halogens is 2. The van der Waals surface area contributed by atoms with Crippen LogP contribution in [0.1, 0.15) is 57.2 Å². The second-order valence-corrected chi connectivity index (χ2v) is 7.78. The van der Waals surface area contributed by atoms with Crippen molar-refractivity contribution in [3.8, 4) is 0 Å². The second kappa shape index (κ2) is 5.68. The molecule has 1 unspecified atom stereocenters. The largest absolute Gasteiger partial charge is 0.392 e. The van der Waals surface area contributed by atoms with Crippen molar-refractivity contribution in [2.45, 2.75) is 70.3 Å². The molecule has 1 saturated carbocycles. The zero-order valence-electron chi connectivity index (χ0n) is 12.3. The van der Waals surface area contributed by atoms with Crippen molar-refractivity contribution in [2.24, 2.45) is 5.92 Å². The molecule has 1 aromatic rings. The van der Waals surface area contributed by atoms with Crippen LogP contribution < -0.4 is 0 Å². The van der Waals surface area contributed by atoms with Crippen molar-refractivity contribution in [3.05, 3.63) is 16.1 Å². The number of rotatable bonds is 3. The van der Waals surface area contributed by atoms with Crippen LogP contribution in [0.3, 0.4) is 0 Å². The number of thiazole rings is 1. The molecule has 20 heavy (non-hydrogen) atoms. The number of aliphatic hydroxyl groups excluding tert-OH is 1. The third-order valence-electron chi connectivity index (χ3n) is 4.01. The van der Waals surface area contributed by atoms with E-state index in [1.54, 1.807) is 11.3 Å². The molecule has 0 saturated heterocycles. The fraction of sp³-hybridized carbons (Fsp3) is 0.800. The van der Waals surface area contributed by atoms with E-state index in [1.807, 2.05) is 5.38 Å². The standard InChI is InChI=1S/C15H23F2NOS/c1-14(2,3)12-9-20-13(18-12)8-11(19)10-4-6-15(16,17)7-5-10/h9-11,19H,4-8H2,1-3H3. The van der Waals surface area contributed by atoms with Gasteiger partial charge in [0.25, 0.3) is 0 Å². The van der Waals surface area contributed by atoms with E-state index < -0.39 is 12.0 Å². The van der Waals surface area contributed by atoms with Gasteiger partial charge < -0.3 is 5.11 Å². The highest BCUT2D eigenvalue weighted by atomic mass is 32.1. The van der Waals surface area contributed by atoms with Crippen molar-refractivity contribution in [2.75, 3.05) is 0 Å². The molecule has 1 aliphatic rings. The van der Waals surface area contributed by atoms with Gasteiger partial charge in [-0.25, -0.2) is 13.8 Å². The number of aromatic nitrogens is 1. The molecule has 1 fully saturated rings. The Morgan fingerprint density at radius 2 is 2.00 bits per heavy atom. The van der Waals surface area contributed by atoms with Crippen molar-refractivity contribution in [1.82, 2.24) is 4.98 Å². The van der Waals surface area contributed by atoms with Gasteiger partial charge in [0.15, 0.2) is 0 Å². The number of nitrogens with zero attached hydrogens (tertiary/aromatic N) is 1. The van der Waals surface area contributed by atoms with Gasteiger partial charge in [0.1, 0.15) is 0 Å². The monoisotopic (exact) mass is 303 g/mol. The molecule has 1 N–H and O–H groups in total. The lowest BCUT2D eigenvalue weighted by Gasteiger charge is -2.31. The first-order valence-electron chi connectivity index (χ1n) is 7.18. The first-order chi connectivity index (χ1) is 9.17.